The Bertz CT molecular complexity index is 987. The van der Waals surface area contributed by atoms with Gasteiger partial charge in [0.2, 0.25) is 0 Å². The third-order valence-electron chi connectivity index (χ3n) is 16.0. The number of esters is 1. The van der Waals surface area contributed by atoms with Gasteiger partial charge >= 0.3 is 102 Å². The zero-order valence-electron chi connectivity index (χ0n) is 11.0. The summed E-state index contributed by atoms with van der Waals surface area (Å²) in [6.07, 6.45) is 1.29. The van der Waals surface area contributed by atoms with E-state index in [-0.39, 0.29) is 5.97 Å². The molecule has 0 aliphatic carbocycles. The van der Waals surface area contributed by atoms with E-state index < -0.39 is 6.51 Å². The summed E-state index contributed by atoms with van der Waals surface area (Å²) in [5.41, 5.74) is 0.560. The zero-order chi connectivity index (χ0) is 12.3. The fraction of sp³-hybridized carbons (Fsp3) is 0.812. The molecule has 10 rings (SSSR count). The number of hydrogen-bond acceptors (Lipinski definition) is 2. The first-order chi connectivity index (χ1) is 8.87. The molecule has 0 amide bonds. The first-order valence-corrected chi connectivity index (χ1v) is 14.2. The second-order valence-electron chi connectivity index (χ2n) is 11.5. The molecule has 0 radical (unpaired) electrons. The first-order valence-electron chi connectivity index (χ1n) is 7.91. The molecule has 10 aliphatic heterocycles. The summed E-state index contributed by atoms with van der Waals surface area (Å²) < 4.78 is 6.39. The molecule has 10 fully saturated rings. The number of fused-ring (bicyclic) bond motifs is 10. The van der Waals surface area contributed by atoms with Gasteiger partial charge in [0.15, 0.2) is 0 Å². The molecular weight excluding hydrogens is 280 g/mol. The normalized spacial score (nSPS) is 107. The Balaban J connectivity index is 1.19. The summed E-state index contributed by atoms with van der Waals surface area (Å²) in [4.78, 5) is 24.0. The Morgan fingerprint density at radius 3 is 1.95 bits per heavy atom. The van der Waals surface area contributed by atoms with E-state index in [0.717, 1.165) is 10.9 Å². The predicted octanol–water partition coefficient (Wildman–Crippen LogP) is 4.26. The average Bonchev–Trinajstić information content (AvgIpc) is 3.32. The van der Waals surface area contributed by atoms with Crippen LogP contribution in [-0.2, 0) is 16.0 Å². The van der Waals surface area contributed by atoms with Gasteiger partial charge in [-0.15, -0.1) is 0 Å². The Labute approximate surface area is 102 Å². The molecule has 2 nitrogen and oxygen atoms in total. The Hall–Kier alpha value is -0.271. The van der Waals surface area contributed by atoms with Gasteiger partial charge < -0.3 is 0 Å². The summed E-state index contributed by atoms with van der Waals surface area (Å²) >= 11 is 0. The van der Waals surface area contributed by atoms with Crippen molar-refractivity contribution in [2.75, 3.05) is 6.61 Å². The van der Waals surface area contributed by atoms with Crippen molar-refractivity contribution in [1.82, 2.24) is 0 Å². The molecule has 4 atom stereocenters. The van der Waals surface area contributed by atoms with Crippen LogP contribution in [0.1, 0.15) is 13.3 Å². The van der Waals surface area contributed by atoms with Crippen LogP contribution in [0.2, 0.25) is 47.7 Å². The van der Waals surface area contributed by atoms with Gasteiger partial charge in [-0.05, 0) is 0 Å². The first kappa shape index (κ1) is 7.66. The molecule has 3 heteroatoms. The van der Waals surface area contributed by atoms with Crippen LogP contribution in [0.4, 0.5) is 0 Å². The van der Waals surface area contributed by atoms with E-state index in [1.807, 2.05) is 0 Å². The second kappa shape index (κ2) is 0.660. The average molecular weight is 298 g/mol. The molecule has 0 aromatic heterocycles. The summed E-state index contributed by atoms with van der Waals surface area (Å²) in [5, 5.41) is 0. The van der Waals surface area contributed by atoms with Crippen LogP contribution in [0.3, 0.4) is 0 Å². The second-order valence-corrected chi connectivity index (χ2v) is 35.2. The predicted molar refractivity (Wildman–Crippen MR) is 66.8 cm³/mol. The molecule has 10 heterocycles. The molecule has 4 unspecified atom stereocenters. The van der Waals surface area contributed by atoms with Crippen molar-refractivity contribution in [3.63, 3.8) is 0 Å². The molecule has 1 spiro atoms. The van der Waals surface area contributed by atoms with Gasteiger partial charge in [0.05, 0.1) is 0 Å². The van der Waals surface area contributed by atoms with Crippen LogP contribution in [0.25, 0.3) is 0 Å². The molecule has 102 valence electrons. The maximum absolute atomic E-state index is 11.6. The van der Waals surface area contributed by atoms with Gasteiger partial charge in [-0.2, -0.15) is 0 Å². The van der Waals surface area contributed by atoms with E-state index in [1.165, 1.54) is 49.8 Å². The van der Waals surface area contributed by atoms with Gasteiger partial charge in [-0.25, -0.2) is 0 Å². The van der Waals surface area contributed by atoms with Crippen molar-refractivity contribution in [2.24, 2.45) is 0 Å². The van der Waals surface area contributed by atoms with E-state index in [4.69, 9.17) is 4.74 Å². The van der Waals surface area contributed by atoms with Crippen molar-refractivity contribution in [1.29, 1.82) is 0 Å². The van der Waals surface area contributed by atoms with Gasteiger partial charge in [-0.1, -0.05) is 0 Å². The van der Waals surface area contributed by atoms with E-state index in [9.17, 15) is 4.79 Å². The molecule has 0 N–H and O–H groups in total. The number of carbonyl (C=O) groups is 1. The minimum atomic E-state index is -2.87. The summed E-state index contributed by atoms with van der Waals surface area (Å²) in [6, 6.07) is 0. The molecule has 10 saturated heterocycles. The van der Waals surface area contributed by atoms with Gasteiger partial charge in [-0.3, -0.25) is 0 Å². The van der Waals surface area contributed by atoms with E-state index in [2.05, 4.69) is 6.58 Å². The third-order valence-corrected chi connectivity index (χ3v) is 59.1. The van der Waals surface area contributed by atoms with Crippen LogP contribution in [0.15, 0.2) is 12.2 Å². The Kier molecular flexibility index (Phi) is 0.266. The molecule has 10 aliphatic rings. The van der Waals surface area contributed by atoms with E-state index >= 15 is 0 Å². The summed E-state index contributed by atoms with van der Waals surface area (Å²) in [5.74, 6) is -0.160. The van der Waals surface area contributed by atoms with E-state index in [0.29, 0.717) is 5.57 Å². The minimum absolute atomic E-state index is 0.160. The fourth-order valence-electron chi connectivity index (χ4n) is 17.8. The van der Waals surface area contributed by atoms with Crippen LogP contribution in [-0.4, -0.2) is 12.6 Å². The molecule has 0 aromatic rings. The van der Waals surface area contributed by atoms with Crippen molar-refractivity contribution in [2.45, 2.75) is 61.0 Å². The Morgan fingerprint density at radius 2 is 1.63 bits per heavy atom. The number of ether oxygens (including phenoxy) is 1. The standard InChI is InChI=1S/C11H13O2.C5H5.Fe/c1-9(2)11(12)13-8-7-10-5-3-4-6-10;1-2-4-5-3-1;/h3-6H,1,7-8H2,2H3;1-5H;. The van der Waals surface area contributed by atoms with Crippen LogP contribution in [0, 0.1) is 0 Å². The molecular formula is C16H18FeO2. The monoisotopic (exact) mass is 298 g/mol. The van der Waals surface area contributed by atoms with Gasteiger partial charge in [0.25, 0.3) is 0 Å². The van der Waals surface area contributed by atoms with Crippen molar-refractivity contribution in [3.8, 4) is 0 Å². The quantitative estimate of drug-likeness (QED) is 0.440. The van der Waals surface area contributed by atoms with Crippen LogP contribution >= 0.6 is 0 Å². The summed E-state index contributed by atoms with van der Waals surface area (Å²) in [6.45, 7) is 3.29. The number of carbonyl (C=O) groups excluding carboxylic acids is 1. The SMILES string of the molecule is C=C(C)C(=O)OCC[C]12[CH]3[CH]4[CH]5[CH]1[Fe]45321678[CH]2[CH]1[CH]6[CH]7[CH]28. The van der Waals surface area contributed by atoms with Crippen molar-refractivity contribution >= 4 is 5.97 Å². The zero-order valence-corrected chi connectivity index (χ0v) is 12.1. The molecule has 0 saturated carbocycles. The summed E-state index contributed by atoms with van der Waals surface area (Å²) in [7, 11) is 0. The topological polar surface area (TPSA) is 26.3 Å². The number of rotatable bonds is 4. The van der Waals surface area contributed by atoms with Gasteiger partial charge in [0, 0.05) is 0 Å². The molecule has 0 aromatic carbocycles. The Morgan fingerprint density at radius 1 is 1.11 bits per heavy atom. The van der Waals surface area contributed by atoms with Crippen molar-refractivity contribution < 1.29 is 16.0 Å². The maximum atomic E-state index is 11.6. The van der Waals surface area contributed by atoms with Gasteiger partial charge in [0.1, 0.15) is 0 Å². The van der Waals surface area contributed by atoms with Crippen LogP contribution < -0.4 is 0 Å². The number of hydrogen-bond donors (Lipinski definition) is 0. The van der Waals surface area contributed by atoms with E-state index in [1.54, 1.807) is 6.92 Å². The van der Waals surface area contributed by atoms with Crippen molar-refractivity contribution in [3.05, 3.63) is 12.2 Å². The molecule has 0 bridgehead atoms. The fourth-order valence-corrected chi connectivity index (χ4v) is 93.0. The van der Waals surface area contributed by atoms with Crippen LogP contribution in [0.5, 0.6) is 0 Å². The molecule has 19 heavy (non-hydrogen) atoms. The third kappa shape index (κ3) is 0.0876.